The van der Waals surface area contributed by atoms with Crippen molar-refractivity contribution in [3.05, 3.63) is 100 Å². The van der Waals surface area contributed by atoms with Crippen LogP contribution >= 0.6 is 0 Å². The summed E-state index contributed by atoms with van der Waals surface area (Å²) in [6.45, 7) is 5.58. The second-order valence-electron chi connectivity index (χ2n) is 13.1. The molecule has 0 radical (unpaired) electrons. The second-order valence-corrected chi connectivity index (χ2v) is 13.1. The maximum Gasteiger partial charge on any atom is 0.169 e. The van der Waals surface area contributed by atoms with Gasteiger partial charge in [0.2, 0.25) is 0 Å². The van der Waals surface area contributed by atoms with Gasteiger partial charge in [0.1, 0.15) is 5.75 Å². The molecule has 242 valence electrons. The number of methoxy groups -OCH3 is 3. The Labute approximate surface area is 272 Å². The first kappa shape index (κ1) is 31.6. The maximum absolute atomic E-state index is 11.0. The van der Waals surface area contributed by atoms with E-state index in [1.807, 2.05) is 36.4 Å². The van der Waals surface area contributed by atoms with Crippen LogP contribution in [0.1, 0.15) is 59.7 Å². The predicted molar refractivity (Wildman–Crippen MR) is 180 cm³/mol. The summed E-state index contributed by atoms with van der Waals surface area (Å²) in [5.41, 5.74) is 6.95. The zero-order chi connectivity index (χ0) is 32.6. The molecule has 3 unspecified atom stereocenters. The highest BCUT2D eigenvalue weighted by Gasteiger charge is 2.39. The fourth-order valence-electron chi connectivity index (χ4n) is 7.35. The van der Waals surface area contributed by atoms with E-state index in [2.05, 4.69) is 50.1 Å². The SMILES string of the molecule is COc1ccc(CC2(C)c3cc(Oc4cc(CC5c6cc(O)c(OC)cc6CCN5C)ccc4O)c(OC)cc3CCC2C)cc1. The monoisotopic (exact) mass is 623 g/mol. The Bertz CT molecular complexity index is 1720. The number of phenolic OH excluding ortho intramolecular Hbond substituents is 2. The molecule has 2 N–H and O–H groups in total. The molecular formula is C39H45NO6. The van der Waals surface area contributed by atoms with Gasteiger partial charge in [-0.1, -0.05) is 32.0 Å². The summed E-state index contributed by atoms with van der Waals surface area (Å²) in [5, 5.41) is 21.5. The van der Waals surface area contributed by atoms with Crippen molar-refractivity contribution in [1.82, 2.24) is 4.90 Å². The van der Waals surface area contributed by atoms with Crippen LogP contribution in [0.5, 0.6) is 40.2 Å². The minimum Gasteiger partial charge on any atom is -0.504 e. The van der Waals surface area contributed by atoms with E-state index in [0.29, 0.717) is 35.3 Å². The Morgan fingerprint density at radius 2 is 1.48 bits per heavy atom. The molecule has 0 aromatic heterocycles. The molecule has 4 aromatic carbocycles. The van der Waals surface area contributed by atoms with Crippen molar-refractivity contribution in [2.75, 3.05) is 34.9 Å². The smallest absolute Gasteiger partial charge is 0.169 e. The molecule has 0 bridgehead atoms. The molecule has 0 saturated carbocycles. The van der Waals surface area contributed by atoms with Gasteiger partial charge in [0.05, 0.1) is 21.3 Å². The first-order valence-electron chi connectivity index (χ1n) is 16.1. The van der Waals surface area contributed by atoms with Crippen LogP contribution in [0.4, 0.5) is 0 Å². The summed E-state index contributed by atoms with van der Waals surface area (Å²) in [7, 11) is 7.03. The molecule has 0 fully saturated rings. The molecule has 6 rings (SSSR count). The van der Waals surface area contributed by atoms with Crippen LogP contribution in [0, 0.1) is 5.92 Å². The summed E-state index contributed by atoms with van der Waals surface area (Å²) in [4.78, 5) is 2.30. The van der Waals surface area contributed by atoms with Gasteiger partial charge in [-0.3, -0.25) is 4.90 Å². The Balaban J connectivity index is 1.32. The minimum absolute atomic E-state index is 0.0522. The van der Waals surface area contributed by atoms with Gasteiger partial charge in [-0.25, -0.2) is 0 Å². The summed E-state index contributed by atoms with van der Waals surface area (Å²) in [5.74, 6) is 3.63. The largest absolute Gasteiger partial charge is 0.504 e. The zero-order valence-electron chi connectivity index (χ0n) is 27.7. The number of ether oxygens (including phenoxy) is 4. The molecule has 1 heterocycles. The van der Waals surface area contributed by atoms with Gasteiger partial charge in [0, 0.05) is 12.6 Å². The number of benzene rings is 4. The van der Waals surface area contributed by atoms with Gasteiger partial charge in [-0.15, -0.1) is 0 Å². The lowest BCUT2D eigenvalue weighted by Crippen LogP contribution is -2.37. The number of rotatable bonds is 9. The topological polar surface area (TPSA) is 80.6 Å². The van der Waals surface area contributed by atoms with Crippen LogP contribution in [0.15, 0.2) is 66.7 Å². The highest BCUT2D eigenvalue weighted by Crippen LogP contribution is 2.49. The Morgan fingerprint density at radius 1 is 0.761 bits per heavy atom. The minimum atomic E-state index is -0.121. The predicted octanol–water partition coefficient (Wildman–Crippen LogP) is 7.77. The molecule has 7 nitrogen and oxygen atoms in total. The van der Waals surface area contributed by atoms with Crippen molar-refractivity contribution in [3.8, 4) is 40.2 Å². The highest BCUT2D eigenvalue weighted by atomic mass is 16.5. The number of hydrogen-bond donors (Lipinski definition) is 2. The van der Waals surface area contributed by atoms with Crippen LogP contribution in [-0.2, 0) is 31.1 Å². The number of aromatic hydroxyl groups is 2. The van der Waals surface area contributed by atoms with Crippen molar-refractivity contribution in [1.29, 1.82) is 0 Å². The second kappa shape index (κ2) is 12.8. The van der Waals surface area contributed by atoms with E-state index in [1.54, 1.807) is 27.4 Å². The molecule has 0 spiro atoms. The Hall–Kier alpha value is -4.36. The molecular weight excluding hydrogens is 578 g/mol. The number of phenols is 2. The number of nitrogens with zero attached hydrogens (tertiary/aromatic N) is 1. The van der Waals surface area contributed by atoms with E-state index in [1.165, 1.54) is 22.3 Å². The summed E-state index contributed by atoms with van der Waals surface area (Å²) < 4.78 is 23.1. The van der Waals surface area contributed by atoms with Crippen LogP contribution in [0.3, 0.4) is 0 Å². The van der Waals surface area contributed by atoms with Gasteiger partial charge >= 0.3 is 0 Å². The fraction of sp³-hybridized carbons (Fsp3) is 0.385. The Morgan fingerprint density at radius 3 is 2.20 bits per heavy atom. The molecule has 0 amide bonds. The van der Waals surface area contributed by atoms with Crippen LogP contribution < -0.4 is 18.9 Å². The van der Waals surface area contributed by atoms with E-state index < -0.39 is 0 Å². The normalized spacial score (nSPS) is 20.8. The first-order valence-corrected chi connectivity index (χ1v) is 16.1. The van der Waals surface area contributed by atoms with E-state index in [9.17, 15) is 10.2 Å². The Kier molecular flexibility index (Phi) is 8.80. The van der Waals surface area contributed by atoms with Gasteiger partial charge in [-0.05, 0) is 132 Å². The number of aryl methyl sites for hydroxylation is 1. The van der Waals surface area contributed by atoms with Gasteiger partial charge < -0.3 is 29.2 Å². The van der Waals surface area contributed by atoms with Crippen LogP contribution in [-0.4, -0.2) is 50.0 Å². The maximum atomic E-state index is 11.0. The highest BCUT2D eigenvalue weighted by molar-refractivity contribution is 5.55. The van der Waals surface area contributed by atoms with Crippen LogP contribution in [0.2, 0.25) is 0 Å². The third kappa shape index (κ3) is 5.96. The molecule has 1 aliphatic heterocycles. The fourth-order valence-corrected chi connectivity index (χ4v) is 7.35. The van der Waals surface area contributed by atoms with Gasteiger partial charge in [-0.2, -0.15) is 0 Å². The molecule has 7 heteroatoms. The molecule has 1 aliphatic carbocycles. The lowest BCUT2D eigenvalue weighted by Gasteiger charge is -2.42. The first-order chi connectivity index (χ1) is 22.1. The number of likely N-dealkylation sites (N-methyl/N-ethyl adjacent to an activating group) is 1. The number of fused-ring (bicyclic) bond motifs is 2. The third-order valence-electron chi connectivity index (χ3n) is 10.4. The quantitative estimate of drug-likeness (QED) is 0.197. The molecule has 2 aliphatic rings. The summed E-state index contributed by atoms with van der Waals surface area (Å²) in [6.07, 6.45) is 4.52. The lowest BCUT2D eigenvalue weighted by molar-refractivity contribution is 0.228. The van der Waals surface area contributed by atoms with E-state index in [4.69, 9.17) is 18.9 Å². The van der Waals surface area contributed by atoms with Crippen LogP contribution in [0.25, 0.3) is 0 Å². The molecule has 3 atom stereocenters. The average Bonchev–Trinajstić information content (AvgIpc) is 3.06. The van der Waals surface area contributed by atoms with E-state index in [0.717, 1.165) is 49.1 Å². The third-order valence-corrected chi connectivity index (χ3v) is 10.4. The lowest BCUT2D eigenvalue weighted by atomic mass is 9.62. The van der Waals surface area contributed by atoms with Crippen molar-refractivity contribution in [2.45, 2.75) is 57.4 Å². The van der Waals surface area contributed by atoms with Crippen molar-refractivity contribution < 1.29 is 29.2 Å². The summed E-state index contributed by atoms with van der Waals surface area (Å²) in [6, 6.07) is 21.9. The summed E-state index contributed by atoms with van der Waals surface area (Å²) >= 11 is 0. The molecule has 4 aromatic rings. The van der Waals surface area contributed by atoms with Crippen molar-refractivity contribution in [2.24, 2.45) is 5.92 Å². The van der Waals surface area contributed by atoms with Crippen molar-refractivity contribution in [3.63, 3.8) is 0 Å². The zero-order valence-corrected chi connectivity index (χ0v) is 27.7. The van der Waals surface area contributed by atoms with E-state index in [-0.39, 0.29) is 23.0 Å². The van der Waals surface area contributed by atoms with E-state index >= 15 is 0 Å². The molecule has 46 heavy (non-hydrogen) atoms. The average molecular weight is 624 g/mol. The van der Waals surface area contributed by atoms with Crippen molar-refractivity contribution >= 4 is 0 Å². The standard InChI is InChI=1S/C39H45NO6/c1-24-7-11-28-20-37(45-6)38(22-31(28)39(24,2)23-25-8-12-29(43-4)13-9-25)46-36-18-26(10-14-33(36)41)17-32-30-21-34(42)35(44-5)19-27(30)15-16-40(32)3/h8-10,12-14,18-22,24,32,41-42H,7,11,15-17,23H2,1-6H3. The van der Waals surface area contributed by atoms with Gasteiger partial charge in [0.15, 0.2) is 34.5 Å². The van der Waals surface area contributed by atoms with Gasteiger partial charge in [0.25, 0.3) is 0 Å². The molecule has 0 saturated heterocycles. The number of hydrogen-bond acceptors (Lipinski definition) is 7.